The molecule has 3 aromatic heterocycles. The van der Waals surface area contributed by atoms with E-state index >= 15 is 0 Å². The summed E-state index contributed by atoms with van der Waals surface area (Å²) in [6.45, 7) is -0.437. The maximum Gasteiger partial charge on any atom is 0.275 e. The number of aliphatic hydroxyl groups is 2. The van der Waals surface area contributed by atoms with Crippen LogP contribution in [0.3, 0.4) is 0 Å². The smallest absolute Gasteiger partial charge is 0.275 e. The summed E-state index contributed by atoms with van der Waals surface area (Å²) in [5.74, 6) is -0.586. The second-order valence-corrected chi connectivity index (χ2v) is 11.6. The van der Waals surface area contributed by atoms with E-state index in [1.54, 1.807) is 36.4 Å². The van der Waals surface area contributed by atoms with Crippen molar-refractivity contribution in [3.8, 4) is 11.3 Å². The number of halogens is 1. The number of rotatable bonds is 4. The fourth-order valence-corrected chi connectivity index (χ4v) is 6.75. The zero-order valence-electron chi connectivity index (χ0n) is 19.5. The van der Waals surface area contributed by atoms with Crippen molar-refractivity contribution in [3.05, 3.63) is 76.8 Å². The molecule has 2 fully saturated rings. The number of aromatic nitrogens is 4. The Morgan fingerprint density at radius 3 is 2.34 bits per heavy atom. The van der Waals surface area contributed by atoms with Crippen molar-refractivity contribution in [1.82, 2.24) is 24.4 Å². The van der Waals surface area contributed by atoms with E-state index in [4.69, 9.17) is 11.6 Å². The first-order valence-corrected chi connectivity index (χ1v) is 13.5. The van der Waals surface area contributed by atoms with Gasteiger partial charge in [-0.05, 0) is 36.4 Å². The Labute approximate surface area is 221 Å². The van der Waals surface area contributed by atoms with Crippen molar-refractivity contribution in [2.24, 2.45) is 0 Å². The Balaban J connectivity index is 1.26. The van der Waals surface area contributed by atoms with E-state index in [0.717, 1.165) is 4.31 Å². The number of hydrogen-bond donors (Lipinski definition) is 3. The van der Waals surface area contributed by atoms with Crippen molar-refractivity contribution < 1.29 is 28.2 Å². The van der Waals surface area contributed by atoms with Gasteiger partial charge >= 0.3 is 0 Å². The number of carbonyl (C=O) groups is 1. The van der Waals surface area contributed by atoms with Crippen LogP contribution in [0.4, 0.5) is 0 Å². The summed E-state index contributed by atoms with van der Waals surface area (Å²) in [7, 11) is -4.04. The molecule has 2 aliphatic heterocycles. The monoisotopic (exact) mass is 556 g/mol. The molecule has 196 valence electrons. The number of pyridine rings is 1. The predicted octanol–water partition coefficient (Wildman–Crippen LogP) is 0.531. The standard InChI is InChI=1S/C24H21ClN6O6S/c25-15-1-2-16-14(9-15)10-21(26-16)38(36,37)30-11-19-22(32)23(33)20(12-30)31(19)24(34)18-4-3-17(27-28-18)13-5-7-29(35)8-6-13/h1-10,19-20,22-23,26,32-33H,11-12H2. The van der Waals surface area contributed by atoms with E-state index < -0.39 is 40.2 Å². The number of sulfonamides is 1. The fourth-order valence-electron chi connectivity index (χ4n) is 5.08. The number of nitrogens with zero attached hydrogens (tertiary/aromatic N) is 5. The number of nitrogens with one attached hydrogen (secondary N) is 1. The first-order chi connectivity index (χ1) is 18.1. The van der Waals surface area contributed by atoms with Gasteiger partial charge in [0.05, 0.1) is 17.8 Å². The number of aromatic amines is 1. The Morgan fingerprint density at radius 2 is 1.71 bits per heavy atom. The maximum atomic E-state index is 13.5. The second-order valence-electron chi connectivity index (χ2n) is 9.27. The van der Waals surface area contributed by atoms with Crippen LogP contribution >= 0.6 is 11.6 Å². The van der Waals surface area contributed by atoms with Crippen LogP contribution in [-0.2, 0) is 10.0 Å². The number of aliphatic hydroxyl groups excluding tert-OH is 2. The predicted molar refractivity (Wildman–Crippen MR) is 134 cm³/mol. The lowest BCUT2D eigenvalue weighted by Gasteiger charge is -2.39. The minimum absolute atomic E-state index is 0.0244. The van der Waals surface area contributed by atoms with Crippen molar-refractivity contribution >= 4 is 38.4 Å². The van der Waals surface area contributed by atoms with Gasteiger partial charge in [0.2, 0.25) is 0 Å². The van der Waals surface area contributed by atoms with Crippen LogP contribution in [0.5, 0.6) is 0 Å². The zero-order valence-corrected chi connectivity index (χ0v) is 21.1. The van der Waals surface area contributed by atoms with Crippen LogP contribution < -0.4 is 4.73 Å². The van der Waals surface area contributed by atoms with Crippen molar-refractivity contribution in [3.63, 3.8) is 0 Å². The summed E-state index contributed by atoms with van der Waals surface area (Å²) in [6, 6.07) is 10.6. The van der Waals surface area contributed by atoms with Crippen LogP contribution in [0.15, 0.2) is 66.0 Å². The molecule has 1 amide bonds. The van der Waals surface area contributed by atoms with E-state index in [0.29, 0.717) is 31.9 Å². The Bertz CT molecular complexity index is 1630. The van der Waals surface area contributed by atoms with Crippen molar-refractivity contribution in [1.29, 1.82) is 0 Å². The summed E-state index contributed by atoms with van der Waals surface area (Å²) in [6.07, 6.45) is -0.0635. The summed E-state index contributed by atoms with van der Waals surface area (Å²) in [4.78, 5) is 17.6. The summed E-state index contributed by atoms with van der Waals surface area (Å²) in [5, 5.41) is 41.8. The molecule has 2 saturated heterocycles. The number of piperazine rings is 1. The number of fused-ring (bicyclic) bond motifs is 3. The van der Waals surface area contributed by atoms with Gasteiger partial charge in [-0.15, -0.1) is 10.2 Å². The van der Waals surface area contributed by atoms with Crippen LogP contribution in [0.2, 0.25) is 5.02 Å². The van der Waals surface area contributed by atoms with E-state index in [2.05, 4.69) is 15.2 Å². The van der Waals surface area contributed by atoms with Gasteiger partial charge in [0.25, 0.3) is 15.9 Å². The van der Waals surface area contributed by atoms with Crippen molar-refractivity contribution in [2.75, 3.05) is 13.1 Å². The molecule has 4 aromatic rings. The highest BCUT2D eigenvalue weighted by atomic mass is 35.5. The number of H-pyrrole nitrogens is 1. The summed E-state index contributed by atoms with van der Waals surface area (Å²) < 4.78 is 28.7. The topological polar surface area (TPSA) is 167 Å². The number of benzene rings is 1. The Morgan fingerprint density at radius 1 is 1.03 bits per heavy atom. The summed E-state index contributed by atoms with van der Waals surface area (Å²) >= 11 is 6.02. The molecular weight excluding hydrogens is 536 g/mol. The minimum Gasteiger partial charge on any atom is -0.619 e. The van der Waals surface area contributed by atoms with Crippen LogP contribution in [0, 0.1) is 5.21 Å². The molecule has 3 N–H and O–H groups in total. The number of carbonyl (C=O) groups excluding carboxylic acids is 1. The molecule has 4 unspecified atom stereocenters. The van der Waals surface area contributed by atoms with E-state index in [1.165, 1.54) is 29.4 Å². The van der Waals surface area contributed by atoms with Crippen molar-refractivity contribution in [2.45, 2.75) is 29.3 Å². The molecule has 1 aromatic carbocycles. The van der Waals surface area contributed by atoms with Gasteiger partial charge in [-0.2, -0.15) is 9.04 Å². The quantitative estimate of drug-likeness (QED) is 0.242. The maximum absolute atomic E-state index is 13.5. The third kappa shape index (κ3) is 3.99. The van der Waals surface area contributed by atoms with E-state index in [1.807, 2.05) is 0 Å². The third-order valence-electron chi connectivity index (χ3n) is 7.03. The first kappa shape index (κ1) is 24.7. The van der Waals surface area contributed by atoms with Gasteiger partial charge in [-0.3, -0.25) is 4.79 Å². The highest BCUT2D eigenvalue weighted by Crippen LogP contribution is 2.35. The first-order valence-electron chi connectivity index (χ1n) is 11.6. The number of hydrogen-bond acceptors (Lipinski definition) is 8. The molecule has 5 heterocycles. The third-order valence-corrected chi connectivity index (χ3v) is 9.02. The van der Waals surface area contributed by atoms with Gasteiger partial charge in [-0.25, -0.2) is 8.42 Å². The SMILES string of the molecule is O=C(c1ccc(-c2cc[n+]([O-])cc2)nn1)N1C2CN(S(=O)(=O)c3cc4cc(Cl)ccc4[nH]3)CC1C(O)C2O. The van der Waals surface area contributed by atoms with E-state index in [-0.39, 0.29) is 23.8 Å². The van der Waals surface area contributed by atoms with Gasteiger partial charge in [-0.1, -0.05) is 11.6 Å². The largest absolute Gasteiger partial charge is 0.619 e. The minimum atomic E-state index is -4.04. The van der Waals surface area contributed by atoms with Gasteiger partial charge < -0.3 is 25.3 Å². The zero-order chi connectivity index (χ0) is 26.8. The molecule has 2 bridgehead atoms. The highest BCUT2D eigenvalue weighted by Gasteiger charge is 2.56. The lowest BCUT2D eigenvalue weighted by molar-refractivity contribution is -0.605. The van der Waals surface area contributed by atoms with Gasteiger partial charge in [0.15, 0.2) is 18.1 Å². The molecule has 14 heteroatoms. The van der Waals surface area contributed by atoms with Crippen LogP contribution in [0.25, 0.3) is 22.2 Å². The second kappa shape index (κ2) is 8.99. The van der Waals surface area contributed by atoms with Gasteiger partial charge in [0.1, 0.15) is 17.2 Å². The molecule has 0 aliphatic carbocycles. The average molecular weight is 557 g/mol. The number of amides is 1. The molecule has 6 rings (SSSR count). The van der Waals surface area contributed by atoms with Crippen LogP contribution in [0.1, 0.15) is 10.5 Å². The molecule has 4 atom stereocenters. The fraction of sp³-hybridized carbons (Fsp3) is 0.250. The lowest BCUT2D eigenvalue weighted by atomic mass is 10.1. The molecule has 38 heavy (non-hydrogen) atoms. The highest BCUT2D eigenvalue weighted by molar-refractivity contribution is 7.89. The summed E-state index contributed by atoms with van der Waals surface area (Å²) in [5.41, 5.74) is 1.64. The average Bonchev–Trinajstić information content (AvgIpc) is 3.41. The Hall–Kier alpha value is -3.62. The molecular formula is C24H21ClN6O6S. The molecule has 0 spiro atoms. The van der Waals surface area contributed by atoms with E-state index in [9.17, 15) is 28.6 Å². The molecule has 12 nitrogen and oxygen atoms in total. The lowest BCUT2D eigenvalue weighted by Crippen LogP contribution is -2.59. The Kier molecular flexibility index (Phi) is 5.85. The molecule has 2 aliphatic rings. The normalized spacial score (nSPS) is 23.7. The molecule has 0 saturated carbocycles. The molecule has 0 radical (unpaired) electrons. The van der Waals surface area contributed by atoms with Crippen LogP contribution in [-0.4, -0.2) is 86.3 Å². The van der Waals surface area contributed by atoms with Gasteiger partial charge in [0, 0.05) is 46.7 Å².